The largest absolute Gasteiger partial charge is 0.497 e. The number of benzene rings is 2. The number of anilines is 1. The number of rotatable bonds is 11. The zero-order valence-corrected chi connectivity index (χ0v) is 25.5. The molecule has 2 amide bonds. The van der Waals surface area contributed by atoms with Crippen molar-refractivity contribution in [3.63, 3.8) is 0 Å². The van der Waals surface area contributed by atoms with Gasteiger partial charge in [-0.25, -0.2) is 0 Å². The number of hydrogen-bond donors (Lipinski definition) is 3. The van der Waals surface area contributed by atoms with E-state index in [1.54, 1.807) is 34.3 Å². The minimum Gasteiger partial charge on any atom is -0.497 e. The van der Waals surface area contributed by atoms with Gasteiger partial charge in [0.25, 0.3) is 0 Å². The summed E-state index contributed by atoms with van der Waals surface area (Å²) in [5.74, 6) is 1.76. The van der Waals surface area contributed by atoms with Gasteiger partial charge < -0.3 is 34.9 Å². The Hall–Kier alpha value is -4.73. The summed E-state index contributed by atoms with van der Waals surface area (Å²) in [6, 6.07) is 13.5. The quantitative estimate of drug-likeness (QED) is 0.306. The van der Waals surface area contributed by atoms with Gasteiger partial charge in [-0.05, 0) is 78.8 Å². The van der Waals surface area contributed by atoms with E-state index in [4.69, 9.17) is 18.9 Å². The normalized spacial score (nSPS) is 14.2. The summed E-state index contributed by atoms with van der Waals surface area (Å²) in [5, 5.41) is 9.00. The molecule has 10 heteroatoms. The molecule has 228 valence electrons. The number of amides is 2. The van der Waals surface area contributed by atoms with Crippen LogP contribution < -0.4 is 40.3 Å². The lowest BCUT2D eigenvalue weighted by Gasteiger charge is -2.19. The molecule has 2 atom stereocenters. The summed E-state index contributed by atoms with van der Waals surface area (Å²) in [4.78, 5) is 38.6. The Morgan fingerprint density at radius 1 is 0.930 bits per heavy atom. The third kappa shape index (κ3) is 7.02. The molecule has 0 aliphatic heterocycles. The first-order valence-electron chi connectivity index (χ1n) is 14.1. The Bertz CT molecular complexity index is 1540. The standard InChI is InChI=1S/C33H39N3O7/c1-19(33(39)34-16-15-21-7-10-23(40-3)11-8-21)35-27-14-12-24-25(18-28(27)38)26(36-20(2)37)13-9-22-17-29(41-4)31(42-5)32(43-6)30(22)24/h7-8,10-12,14,17-19,26H,9,13,15-16H2,1-6H3,(H,34,39)(H,35,38)(H,36,37)/t19-,26+/m1/s1. The lowest BCUT2D eigenvalue weighted by molar-refractivity contribution is -0.121. The van der Waals surface area contributed by atoms with Crippen molar-refractivity contribution in [2.45, 2.75) is 45.2 Å². The Labute approximate surface area is 251 Å². The Morgan fingerprint density at radius 3 is 2.28 bits per heavy atom. The molecule has 0 unspecified atom stereocenters. The number of ether oxygens (including phenoxy) is 4. The molecule has 0 heterocycles. The average Bonchev–Trinajstić information content (AvgIpc) is 3.24. The molecule has 3 aromatic carbocycles. The second kappa shape index (κ2) is 14.0. The predicted molar refractivity (Wildman–Crippen MR) is 165 cm³/mol. The van der Waals surface area contributed by atoms with Crippen molar-refractivity contribution in [2.75, 3.05) is 40.3 Å². The molecule has 0 fully saturated rings. The molecule has 0 saturated heterocycles. The van der Waals surface area contributed by atoms with Crippen molar-refractivity contribution in [1.29, 1.82) is 0 Å². The number of nitrogens with one attached hydrogen (secondary N) is 3. The molecule has 0 spiro atoms. The summed E-state index contributed by atoms with van der Waals surface area (Å²) in [6.45, 7) is 3.60. The van der Waals surface area contributed by atoms with Crippen LogP contribution in [0.15, 0.2) is 53.3 Å². The van der Waals surface area contributed by atoms with E-state index in [1.807, 2.05) is 36.4 Å². The van der Waals surface area contributed by atoms with Crippen LogP contribution in [0.3, 0.4) is 0 Å². The predicted octanol–water partition coefficient (Wildman–Crippen LogP) is 4.03. The van der Waals surface area contributed by atoms with E-state index < -0.39 is 12.1 Å². The van der Waals surface area contributed by atoms with Crippen LogP contribution >= 0.6 is 0 Å². The van der Waals surface area contributed by atoms with Crippen molar-refractivity contribution in [3.8, 4) is 34.1 Å². The number of methoxy groups -OCH3 is 4. The molecule has 43 heavy (non-hydrogen) atoms. The molecule has 0 aromatic heterocycles. The maximum Gasteiger partial charge on any atom is 0.242 e. The number of aryl methyl sites for hydroxylation is 1. The topological polar surface area (TPSA) is 124 Å². The monoisotopic (exact) mass is 589 g/mol. The van der Waals surface area contributed by atoms with Gasteiger partial charge in [-0.1, -0.05) is 18.2 Å². The van der Waals surface area contributed by atoms with Gasteiger partial charge in [-0.3, -0.25) is 14.4 Å². The summed E-state index contributed by atoms with van der Waals surface area (Å²) >= 11 is 0. The molecule has 10 nitrogen and oxygen atoms in total. The summed E-state index contributed by atoms with van der Waals surface area (Å²) in [5.41, 5.74) is 4.07. The SMILES string of the molecule is COc1ccc(CCNC(=O)[C@@H](C)Nc2ccc3c(cc2=O)[C@@H](NC(C)=O)CCc2cc(OC)c(OC)c(OC)c2-3)cc1. The van der Waals surface area contributed by atoms with Crippen LogP contribution in [0.25, 0.3) is 11.1 Å². The minimum absolute atomic E-state index is 0.207. The molecule has 3 aromatic rings. The van der Waals surface area contributed by atoms with E-state index in [-0.39, 0.29) is 22.9 Å². The van der Waals surface area contributed by atoms with Gasteiger partial charge in [0.15, 0.2) is 11.5 Å². The molecule has 4 rings (SSSR count). The van der Waals surface area contributed by atoms with Crippen LogP contribution in [-0.4, -0.2) is 52.8 Å². The zero-order chi connectivity index (χ0) is 31.1. The molecule has 0 saturated carbocycles. The number of carbonyl (C=O) groups excluding carboxylic acids is 2. The van der Waals surface area contributed by atoms with Gasteiger partial charge >= 0.3 is 0 Å². The first-order chi connectivity index (χ1) is 20.7. The van der Waals surface area contributed by atoms with Crippen LogP contribution in [0.5, 0.6) is 23.0 Å². The lowest BCUT2D eigenvalue weighted by atomic mass is 9.95. The van der Waals surface area contributed by atoms with E-state index in [9.17, 15) is 14.4 Å². The van der Waals surface area contributed by atoms with Crippen LogP contribution in [0.4, 0.5) is 5.69 Å². The van der Waals surface area contributed by atoms with Crippen molar-refractivity contribution < 1.29 is 28.5 Å². The smallest absolute Gasteiger partial charge is 0.242 e. The van der Waals surface area contributed by atoms with Crippen molar-refractivity contribution in [3.05, 3.63) is 75.4 Å². The van der Waals surface area contributed by atoms with Gasteiger partial charge in [0.2, 0.25) is 23.0 Å². The van der Waals surface area contributed by atoms with Crippen LogP contribution in [0, 0.1) is 0 Å². The Balaban J connectivity index is 1.65. The van der Waals surface area contributed by atoms with E-state index in [0.717, 1.165) is 22.4 Å². The fourth-order valence-electron chi connectivity index (χ4n) is 5.40. The highest BCUT2D eigenvalue weighted by Gasteiger charge is 2.29. The summed E-state index contributed by atoms with van der Waals surface area (Å²) < 4.78 is 22.2. The molecule has 0 radical (unpaired) electrons. The van der Waals surface area contributed by atoms with Crippen molar-refractivity contribution >= 4 is 17.5 Å². The van der Waals surface area contributed by atoms with Crippen molar-refractivity contribution in [1.82, 2.24) is 10.6 Å². The second-order valence-corrected chi connectivity index (χ2v) is 10.4. The first-order valence-corrected chi connectivity index (χ1v) is 14.1. The van der Waals surface area contributed by atoms with Gasteiger partial charge in [0.05, 0.1) is 40.2 Å². The van der Waals surface area contributed by atoms with Crippen LogP contribution in [0.2, 0.25) is 0 Å². The molecule has 1 aliphatic carbocycles. The molecular formula is C33H39N3O7. The highest BCUT2D eigenvalue weighted by atomic mass is 16.5. The highest BCUT2D eigenvalue weighted by Crippen LogP contribution is 2.50. The van der Waals surface area contributed by atoms with E-state index in [0.29, 0.717) is 54.2 Å². The average molecular weight is 590 g/mol. The van der Waals surface area contributed by atoms with Gasteiger partial charge in [-0.2, -0.15) is 0 Å². The van der Waals surface area contributed by atoms with E-state index >= 15 is 0 Å². The lowest BCUT2D eigenvalue weighted by Crippen LogP contribution is -2.39. The number of hydrogen-bond acceptors (Lipinski definition) is 8. The third-order valence-corrected chi connectivity index (χ3v) is 7.55. The van der Waals surface area contributed by atoms with Crippen molar-refractivity contribution in [2.24, 2.45) is 0 Å². The van der Waals surface area contributed by atoms with Gasteiger partial charge in [0.1, 0.15) is 11.8 Å². The zero-order valence-electron chi connectivity index (χ0n) is 25.5. The van der Waals surface area contributed by atoms with E-state index in [1.165, 1.54) is 20.1 Å². The summed E-state index contributed by atoms with van der Waals surface area (Å²) in [6.07, 6.45) is 1.81. The molecular weight excluding hydrogens is 550 g/mol. The second-order valence-electron chi connectivity index (χ2n) is 10.4. The highest BCUT2D eigenvalue weighted by molar-refractivity contribution is 5.85. The molecule has 0 bridgehead atoms. The first kappa shape index (κ1) is 31.2. The third-order valence-electron chi connectivity index (χ3n) is 7.55. The van der Waals surface area contributed by atoms with Crippen LogP contribution in [0.1, 0.15) is 43.0 Å². The van der Waals surface area contributed by atoms with Gasteiger partial charge in [-0.15, -0.1) is 0 Å². The maximum atomic E-state index is 13.5. The van der Waals surface area contributed by atoms with Gasteiger partial charge in [0, 0.05) is 19.0 Å². The number of carbonyl (C=O) groups is 2. The van der Waals surface area contributed by atoms with E-state index in [2.05, 4.69) is 16.0 Å². The minimum atomic E-state index is -0.678. The molecule has 3 N–H and O–H groups in total. The number of fused-ring (bicyclic) bond motifs is 3. The Kier molecular flexibility index (Phi) is 10.1. The fraction of sp³-hybridized carbons (Fsp3) is 0.364. The summed E-state index contributed by atoms with van der Waals surface area (Å²) in [7, 11) is 6.27. The Morgan fingerprint density at radius 2 is 1.65 bits per heavy atom. The molecule has 1 aliphatic rings. The van der Waals surface area contributed by atoms with Crippen LogP contribution in [-0.2, 0) is 22.4 Å². The maximum absolute atomic E-state index is 13.5. The fourth-order valence-corrected chi connectivity index (χ4v) is 5.40.